The topological polar surface area (TPSA) is 32.7 Å². The lowest BCUT2D eigenvalue weighted by atomic mass is 9.97. The third kappa shape index (κ3) is 4.03. The van der Waals surface area contributed by atoms with Crippen LogP contribution in [0.3, 0.4) is 0 Å². The van der Waals surface area contributed by atoms with Crippen molar-refractivity contribution in [2.75, 3.05) is 26.3 Å². The van der Waals surface area contributed by atoms with Gasteiger partial charge in [-0.3, -0.25) is 4.90 Å². The number of morpholine rings is 1. The lowest BCUT2D eigenvalue weighted by Gasteiger charge is -2.37. The molecule has 0 spiro atoms. The van der Waals surface area contributed by atoms with Crippen LogP contribution in [0.25, 0.3) is 0 Å². The molecule has 1 aliphatic rings. The number of ether oxygens (including phenoxy) is 1. The molecule has 0 unspecified atom stereocenters. The standard InChI is InChI=1S/C16H25NO2/c1-13(15-6-4-3-5-7-15)8-9-17-10-16(11-18)19-12-14(17)2/h3-7,13-14,16,18H,8-12H2,1-2H3/t13-,14+,16+/m1/s1. The van der Waals surface area contributed by atoms with E-state index in [2.05, 4.69) is 49.1 Å². The van der Waals surface area contributed by atoms with E-state index in [1.165, 1.54) is 5.56 Å². The average molecular weight is 263 g/mol. The van der Waals surface area contributed by atoms with Crippen LogP contribution in [0.1, 0.15) is 31.7 Å². The average Bonchev–Trinajstić information content (AvgIpc) is 2.47. The second-order valence-corrected chi connectivity index (χ2v) is 5.58. The summed E-state index contributed by atoms with van der Waals surface area (Å²) in [6.07, 6.45) is 1.13. The Morgan fingerprint density at radius 1 is 1.37 bits per heavy atom. The van der Waals surface area contributed by atoms with Crippen LogP contribution < -0.4 is 0 Å². The molecule has 0 saturated carbocycles. The third-order valence-corrected chi connectivity index (χ3v) is 4.06. The van der Waals surface area contributed by atoms with Gasteiger partial charge < -0.3 is 9.84 Å². The largest absolute Gasteiger partial charge is 0.394 e. The fourth-order valence-corrected chi connectivity index (χ4v) is 2.60. The van der Waals surface area contributed by atoms with Gasteiger partial charge in [-0.15, -0.1) is 0 Å². The van der Waals surface area contributed by atoms with Crippen LogP contribution in [0, 0.1) is 0 Å². The second-order valence-electron chi connectivity index (χ2n) is 5.58. The van der Waals surface area contributed by atoms with Crippen LogP contribution in [0.15, 0.2) is 30.3 Å². The summed E-state index contributed by atoms with van der Waals surface area (Å²) in [4.78, 5) is 2.43. The molecule has 3 heteroatoms. The second kappa shape index (κ2) is 7.04. The molecule has 106 valence electrons. The number of aliphatic hydroxyl groups is 1. The highest BCUT2D eigenvalue weighted by molar-refractivity contribution is 5.18. The highest BCUT2D eigenvalue weighted by Crippen LogP contribution is 2.20. The third-order valence-electron chi connectivity index (χ3n) is 4.06. The van der Waals surface area contributed by atoms with Crippen LogP contribution in [0.5, 0.6) is 0 Å². The summed E-state index contributed by atoms with van der Waals surface area (Å²) in [6.45, 7) is 7.24. The maximum absolute atomic E-state index is 9.20. The summed E-state index contributed by atoms with van der Waals surface area (Å²) in [5.41, 5.74) is 1.40. The summed E-state index contributed by atoms with van der Waals surface area (Å²) in [5, 5.41) is 9.20. The Kier molecular flexibility index (Phi) is 5.37. The van der Waals surface area contributed by atoms with E-state index in [4.69, 9.17) is 4.74 Å². The SMILES string of the molecule is C[C@H](CCN1C[C@@H](CO)OC[C@@H]1C)c1ccccc1. The van der Waals surface area contributed by atoms with Gasteiger partial charge in [-0.25, -0.2) is 0 Å². The van der Waals surface area contributed by atoms with Gasteiger partial charge in [-0.2, -0.15) is 0 Å². The molecule has 1 saturated heterocycles. The van der Waals surface area contributed by atoms with Crippen molar-refractivity contribution in [2.45, 2.75) is 38.3 Å². The Morgan fingerprint density at radius 3 is 2.79 bits per heavy atom. The van der Waals surface area contributed by atoms with Gasteiger partial charge in [0.1, 0.15) is 0 Å². The van der Waals surface area contributed by atoms with E-state index in [1.807, 2.05) is 0 Å². The fraction of sp³-hybridized carbons (Fsp3) is 0.625. The van der Waals surface area contributed by atoms with Gasteiger partial charge >= 0.3 is 0 Å². The summed E-state index contributed by atoms with van der Waals surface area (Å²) < 4.78 is 5.57. The summed E-state index contributed by atoms with van der Waals surface area (Å²) in [6, 6.07) is 11.1. The van der Waals surface area contributed by atoms with Gasteiger partial charge in [0.15, 0.2) is 0 Å². The van der Waals surface area contributed by atoms with Gasteiger partial charge in [0.25, 0.3) is 0 Å². The number of hydrogen-bond donors (Lipinski definition) is 1. The first kappa shape index (κ1) is 14.5. The van der Waals surface area contributed by atoms with Gasteiger partial charge in [0.05, 0.1) is 19.3 Å². The van der Waals surface area contributed by atoms with Crippen molar-refractivity contribution >= 4 is 0 Å². The molecule has 19 heavy (non-hydrogen) atoms. The predicted molar refractivity (Wildman–Crippen MR) is 77.3 cm³/mol. The van der Waals surface area contributed by atoms with E-state index >= 15 is 0 Å². The van der Waals surface area contributed by atoms with Crippen LogP contribution in [0.4, 0.5) is 0 Å². The number of aliphatic hydroxyl groups excluding tert-OH is 1. The van der Waals surface area contributed by atoms with Gasteiger partial charge in [0, 0.05) is 12.6 Å². The Hall–Kier alpha value is -0.900. The van der Waals surface area contributed by atoms with E-state index in [9.17, 15) is 5.11 Å². The van der Waals surface area contributed by atoms with Crippen molar-refractivity contribution < 1.29 is 9.84 Å². The summed E-state index contributed by atoms with van der Waals surface area (Å²) in [7, 11) is 0. The molecule has 0 radical (unpaired) electrons. The first-order chi connectivity index (χ1) is 9.20. The van der Waals surface area contributed by atoms with Crippen molar-refractivity contribution in [2.24, 2.45) is 0 Å². The van der Waals surface area contributed by atoms with Crippen LogP contribution in [-0.4, -0.2) is 48.5 Å². The zero-order valence-corrected chi connectivity index (χ0v) is 12.0. The Morgan fingerprint density at radius 2 is 2.11 bits per heavy atom. The summed E-state index contributed by atoms with van der Waals surface area (Å²) in [5.74, 6) is 0.573. The zero-order chi connectivity index (χ0) is 13.7. The molecule has 0 bridgehead atoms. The minimum Gasteiger partial charge on any atom is -0.394 e. The Bertz CT molecular complexity index is 368. The molecule has 1 fully saturated rings. The van der Waals surface area contributed by atoms with Crippen molar-refractivity contribution in [1.82, 2.24) is 4.90 Å². The van der Waals surface area contributed by atoms with E-state index in [1.54, 1.807) is 0 Å². The Balaban J connectivity index is 1.84. The van der Waals surface area contributed by atoms with E-state index in [-0.39, 0.29) is 12.7 Å². The lowest BCUT2D eigenvalue weighted by Crippen LogP contribution is -2.49. The highest BCUT2D eigenvalue weighted by atomic mass is 16.5. The molecule has 1 aromatic carbocycles. The normalized spacial score (nSPS) is 26.3. The van der Waals surface area contributed by atoms with Crippen LogP contribution in [0.2, 0.25) is 0 Å². The molecule has 1 aliphatic heterocycles. The minimum absolute atomic E-state index is 0.0109. The van der Waals surface area contributed by atoms with Crippen LogP contribution >= 0.6 is 0 Å². The molecular weight excluding hydrogens is 238 g/mol. The smallest absolute Gasteiger partial charge is 0.0933 e. The van der Waals surface area contributed by atoms with Crippen molar-refractivity contribution in [1.29, 1.82) is 0 Å². The molecule has 1 aromatic rings. The van der Waals surface area contributed by atoms with Gasteiger partial charge in [0.2, 0.25) is 0 Å². The first-order valence-corrected chi connectivity index (χ1v) is 7.22. The number of hydrogen-bond acceptors (Lipinski definition) is 3. The molecule has 0 aromatic heterocycles. The van der Waals surface area contributed by atoms with Crippen LogP contribution in [-0.2, 0) is 4.74 Å². The molecule has 2 rings (SSSR count). The van der Waals surface area contributed by atoms with Gasteiger partial charge in [-0.05, 0) is 31.4 Å². The quantitative estimate of drug-likeness (QED) is 0.884. The van der Waals surface area contributed by atoms with E-state index in [0.717, 1.165) is 26.1 Å². The molecule has 0 aliphatic carbocycles. The fourth-order valence-electron chi connectivity index (χ4n) is 2.60. The minimum atomic E-state index is -0.0109. The molecule has 3 nitrogen and oxygen atoms in total. The monoisotopic (exact) mass is 263 g/mol. The molecule has 3 atom stereocenters. The Labute approximate surface area is 116 Å². The summed E-state index contributed by atoms with van der Waals surface area (Å²) >= 11 is 0. The van der Waals surface area contributed by atoms with E-state index in [0.29, 0.717) is 12.0 Å². The molecule has 1 heterocycles. The molecular formula is C16H25NO2. The lowest BCUT2D eigenvalue weighted by molar-refractivity contribution is -0.0781. The van der Waals surface area contributed by atoms with E-state index < -0.39 is 0 Å². The highest BCUT2D eigenvalue weighted by Gasteiger charge is 2.25. The van der Waals surface area contributed by atoms with Crippen molar-refractivity contribution in [3.63, 3.8) is 0 Å². The number of nitrogens with zero attached hydrogens (tertiary/aromatic N) is 1. The van der Waals surface area contributed by atoms with Gasteiger partial charge in [-0.1, -0.05) is 37.3 Å². The molecule has 0 amide bonds. The number of rotatable bonds is 5. The molecule has 1 N–H and O–H groups in total. The van der Waals surface area contributed by atoms with Crippen molar-refractivity contribution in [3.05, 3.63) is 35.9 Å². The zero-order valence-electron chi connectivity index (χ0n) is 12.0. The maximum atomic E-state index is 9.20. The predicted octanol–water partition coefficient (Wildman–Crippen LogP) is 2.26. The number of benzene rings is 1. The maximum Gasteiger partial charge on any atom is 0.0933 e. The first-order valence-electron chi connectivity index (χ1n) is 7.22. The van der Waals surface area contributed by atoms with Crippen molar-refractivity contribution in [3.8, 4) is 0 Å².